The summed E-state index contributed by atoms with van der Waals surface area (Å²) in [6.07, 6.45) is 4.06. The number of rotatable bonds is 4. The first kappa shape index (κ1) is 17.2. The molecule has 1 aliphatic rings. The second kappa shape index (κ2) is 6.98. The lowest BCUT2D eigenvalue weighted by molar-refractivity contribution is -0.131. The molecule has 1 unspecified atom stereocenters. The summed E-state index contributed by atoms with van der Waals surface area (Å²) < 4.78 is 0. The van der Waals surface area contributed by atoms with Crippen LogP contribution in [0.4, 0.5) is 11.5 Å². The zero-order valence-electron chi connectivity index (χ0n) is 14.3. The minimum atomic E-state index is -0.597. The fourth-order valence-electron chi connectivity index (χ4n) is 2.32. The average Bonchev–Trinajstić information content (AvgIpc) is 3.01. The molecule has 1 saturated heterocycles. The highest BCUT2D eigenvalue weighted by Gasteiger charge is 2.25. The summed E-state index contributed by atoms with van der Waals surface area (Å²) in [7, 11) is 0. The van der Waals surface area contributed by atoms with E-state index in [1.165, 1.54) is 12.8 Å². The van der Waals surface area contributed by atoms with E-state index in [4.69, 9.17) is 0 Å². The van der Waals surface area contributed by atoms with Crippen LogP contribution in [0, 0.1) is 5.41 Å². The predicted octanol–water partition coefficient (Wildman–Crippen LogP) is 2.17. The van der Waals surface area contributed by atoms with Crippen LogP contribution in [-0.4, -0.2) is 35.9 Å². The Morgan fingerprint density at radius 3 is 2.39 bits per heavy atom. The van der Waals surface area contributed by atoms with Crippen LogP contribution in [0.5, 0.6) is 0 Å². The summed E-state index contributed by atoms with van der Waals surface area (Å²) in [6.45, 7) is 9.18. The summed E-state index contributed by atoms with van der Waals surface area (Å²) in [6, 6.07) is 3.16. The molecule has 2 rings (SSSR count). The maximum absolute atomic E-state index is 12.2. The van der Waals surface area contributed by atoms with Crippen molar-refractivity contribution >= 4 is 23.3 Å². The summed E-state index contributed by atoms with van der Waals surface area (Å²) >= 11 is 0. The van der Waals surface area contributed by atoms with Gasteiger partial charge >= 0.3 is 0 Å². The third-order valence-corrected chi connectivity index (χ3v) is 3.87. The van der Waals surface area contributed by atoms with E-state index in [-0.39, 0.29) is 11.8 Å². The number of hydrogen-bond donors (Lipinski definition) is 2. The van der Waals surface area contributed by atoms with E-state index < -0.39 is 11.5 Å². The third-order valence-electron chi connectivity index (χ3n) is 3.87. The molecule has 2 N–H and O–H groups in total. The highest BCUT2D eigenvalue weighted by molar-refractivity contribution is 5.97. The number of amides is 2. The maximum Gasteiger partial charge on any atom is 0.246 e. The largest absolute Gasteiger partial charge is 0.357 e. The lowest BCUT2D eigenvalue weighted by Gasteiger charge is -2.21. The van der Waals surface area contributed by atoms with Crippen LogP contribution >= 0.6 is 0 Å². The normalized spacial score (nSPS) is 16.1. The van der Waals surface area contributed by atoms with E-state index in [1.54, 1.807) is 13.1 Å². The van der Waals surface area contributed by atoms with Crippen molar-refractivity contribution in [3.05, 3.63) is 18.3 Å². The van der Waals surface area contributed by atoms with Crippen molar-refractivity contribution < 1.29 is 9.59 Å². The lowest BCUT2D eigenvalue weighted by atomic mass is 9.95. The van der Waals surface area contributed by atoms with E-state index in [2.05, 4.69) is 20.5 Å². The molecular formula is C17H26N4O2. The second-order valence-corrected chi connectivity index (χ2v) is 7.03. The molecular weight excluding hydrogens is 292 g/mol. The van der Waals surface area contributed by atoms with Crippen molar-refractivity contribution in [2.75, 3.05) is 23.3 Å². The monoisotopic (exact) mass is 318 g/mol. The number of pyridine rings is 1. The third kappa shape index (κ3) is 4.68. The number of nitrogens with one attached hydrogen (secondary N) is 2. The molecule has 0 aliphatic carbocycles. The van der Waals surface area contributed by atoms with Crippen LogP contribution < -0.4 is 15.5 Å². The van der Waals surface area contributed by atoms with Crippen LogP contribution in [-0.2, 0) is 9.59 Å². The molecule has 2 heterocycles. The molecule has 23 heavy (non-hydrogen) atoms. The number of nitrogens with zero attached hydrogens (tertiary/aromatic N) is 2. The summed E-state index contributed by atoms with van der Waals surface area (Å²) in [5.74, 6) is 0.538. The minimum absolute atomic E-state index is 0.150. The van der Waals surface area contributed by atoms with Crippen LogP contribution in [0.25, 0.3) is 0 Å². The van der Waals surface area contributed by atoms with Gasteiger partial charge in [-0.15, -0.1) is 0 Å². The number of anilines is 2. The Bertz CT molecular complexity index is 557. The van der Waals surface area contributed by atoms with E-state index in [0.717, 1.165) is 18.9 Å². The molecule has 1 aliphatic heterocycles. The van der Waals surface area contributed by atoms with E-state index in [1.807, 2.05) is 32.9 Å². The molecule has 0 aromatic carbocycles. The summed E-state index contributed by atoms with van der Waals surface area (Å²) in [5.41, 5.74) is 0.114. The van der Waals surface area contributed by atoms with Crippen molar-refractivity contribution in [1.82, 2.24) is 10.3 Å². The topological polar surface area (TPSA) is 74.3 Å². The van der Waals surface area contributed by atoms with Crippen molar-refractivity contribution in [1.29, 1.82) is 0 Å². The fourth-order valence-corrected chi connectivity index (χ4v) is 2.32. The molecule has 1 fully saturated rings. The van der Waals surface area contributed by atoms with Crippen molar-refractivity contribution in [2.24, 2.45) is 5.41 Å². The van der Waals surface area contributed by atoms with E-state index in [0.29, 0.717) is 5.69 Å². The molecule has 1 aromatic rings. The average molecular weight is 318 g/mol. The van der Waals surface area contributed by atoms with Gasteiger partial charge in [-0.25, -0.2) is 4.98 Å². The Kier molecular flexibility index (Phi) is 5.23. The molecule has 126 valence electrons. The Morgan fingerprint density at radius 1 is 1.22 bits per heavy atom. The molecule has 6 nitrogen and oxygen atoms in total. The quantitative estimate of drug-likeness (QED) is 0.892. The first-order chi connectivity index (χ1) is 10.8. The van der Waals surface area contributed by atoms with Gasteiger partial charge in [0.05, 0.1) is 11.9 Å². The molecule has 0 radical (unpaired) electrons. The number of carbonyl (C=O) groups is 2. The molecule has 2 amide bonds. The second-order valence-electron chi connectivity index (χ2n) is 7.03. The zero-order chi connectivity index (χ0) is 17.0. The molecule has 1 atom stereocenters. The van der Waals surface area contributed by atoms with Gasteiger partial charge in [0.2, 0.25) is 11.8 Å². The highest BCUT2D eigenvalue weighted by atomic mass is 16.2. The van der Waals surface area contributed by atoms with Gasteiger partial charge in [-0.05, 0) is 31.9 Å². The van der Waals surface area contributed by atoms with Gasteiger partial charge in [0.25, 0.3) is 0 Å². The fraction of sp³-hybridized carbons (Fsp3) is 0.588. The number of aromatic nitrogens is 1. The van der Waals surface area contributed by atoms with Gasteiger partial charge in [0.1, 0.15) is 11.9 Å². The molecule has 0 saturated carbocycles. The molecule has 1 aromatic heterocycles. The Hall–Kier alpha value is -2.11. The van der Waals surface area contributed by atoms with Crippen molar-refractivity contribution in [3.63, 3.8) is 0 Å². The SMILES string of the molecule is CC(NC(=O)C(C)(C)C)C(=O)Nc1ccc(N2CCCC2)nc1. The van der Waals surface area contributed by atoms with Gasteiger partial charge < -0.3 is 15.5 Å². The smallest absolute Gasteiger partial charge is 0.246 e. The number of carbonyl (C=O) groups excluding carboxylic acids is 2. The van der Waals surface area contributed by atoms with Gasteiger partial charge in [-0.1, -0.05) is 20.8 Å². The highest BCUT2D eigenvalue weighted by Crippen LogP contribution is 2.19. The van der Waals surface area contributed by atoms with Gasteiger partial charge in [-0.2, -0.15) is 0 Å². The van der Waals surface area contributed by atoms with Crippen LogP contribution in [0.3, 0.4) is 0 Å². The van der Waals surface area contributed by atoms with Crippen molar-refractivity contribution in [3.8, 4) is 0 Å². The summed E-state index contributed by atoms with van der Waals surface area (Å²) in [5, 5.41) is 5.50. The zero-order valence-corrected chi connectivity index (χ0v) is 14.3. The van der Waals surface area contributed by atoms with Crippen LogP contribution in [0.15, 0.2) is 18.3 Å². The predicted molar refractivity (Wildman–Crippen MR) is 91.4 cm³/mol. The van der Waals surface area contributed by atoms with Crippen LogP contribution in [0.1, 0.15) is 40.5 Å². The van der Waals surface area contributed by atoms with Gasteiger partial charge in [-0.3, -0.25) is 9.59 Å². The van der Waals surface area contributed by atoms with E-state index in [9.17, 15) is 9.59 Å². The first-order valence-corrected chi connectivity index (χ1v) is 8.10. The maximum atomic E-state index is 12.2. The Balaban J connectivity index is 1.90. The van der Waals surface area contributed by atoms with E-state index >= 15 is 0 Å². The molecule has 0 spiro atoms. The van der Waals surface area contributed by atoms with Gasteiger partial charge in [0, 0.05) is 18.5 Å². The lowest BCUT2D eigenvalue weighted by Crippen LogP contribution is -2.46. The van der Waals surface area contributed by atoms with Gasteiger partial charge in [0.15, 0.2) is 0 Å². The molecule has 6 heteroatoms. The Morgan fingerprint density at radius 2 is 1.87 bits per heavy atom. The molecule has 0 bridgehead atoms. The minimum Gasteiger partial charge on any atom is -0.357 e. The number of hydrogen-bond acceptors (Lipinski definition) is 4. The Labute approximate surface area is 137 Å². The van der Waals surface area contributed by atoms with Crippen LogP contribution in [0.2, 0.25) is 0 Å². The first-order valence-electron chi connectivity index (χ1n) is 8.10. The summed E-state index contributed by atoms with van der Waals surface area (Å²) in [4.78, 5) is 30.7. The standard InChI is InChI=1S/C17H26N4O2/c1-12(19-16(23)17(2,3)4)15(22)20-13-7-8-14(18-11-13)21-9-5-6-10-21/h7-8,11-12H,5-6,9-10H2,1-4H3,(H,19,23)(H,20,22). The van der Waals surface area contributed by atoms with Crippen molar-refractivity contribution in [2.45, 2.75) is 46.6 Å².